The van der Waals surface area contributed by atoms with E-state index >= 15 is 0 Å². The van der Waals surface area contributed by atoms with Crippen LogP contribution in [0.1, 0.15) is 23.5 Å². The molecule has 0 amide bonds. The SMILES string of the molecule is [2H]C([2H])([2H])/C(C)=C(\C(=O)O)c1ccc(F)cc1. The average Bonchev–Trinajstić information content (AvgIpc) is 2.19. The van der Waals surface area contributed by atoms with E-state index in [9.17, 15) is 9.18 Å². The summed E-state index contributed by atoms with van der Waals surface area (Å²) in [4.78, 5) is 11.1. The molecule has 0 aliphatic heterocycles. The topological polar surface area (TPSA) is 37.3 Å². The number of halogens is 1. The Hall–Kier alpha value is -1.64. The number of aliphatic carboxylic acids is 1. The Morgan fingerprint density at radius 3 is 2.43 bits per heavy atom. The predicted octanol–water partition coefficient (Wildman–Crippen LogP) is 2.70. The molecule has 1 rings (SSSR count). The lowest BCUT2D eigenvalue weighted by atomic mass is 10.0. The van der Waals surface area contributed by atoms with E-state index in [0.717, 1.165) is 12.1 Å². The van der Waals surface area contributed by atoms with Crippen molar-refractivity contribution in [1.29, 1.82) is 0 Å². The summed E-state index contributed by atoms with van der Waals surface area (Å²) in [7, 11) is 0. The maximum atomic E-state index is 12.7. The molecule has 0 aliphatic carbocycles. The quantitative estimate of drug-likeness (QED) is 0.740. The minimum Gasteiger partial charge on any atom is -0.478 e. The molecule has 0 bridgehead atoms. The van der Waals surface area contributed by atoms with E-state index in [1.165, 1.54) is 19.1 Å². The Balaban J connectivity index is 3.38. The highest BCUT2D eigenvalue weighted by atomic mass is 19.1. The zero-order valence-corrected chi connectivity index (χ0v) is 7.54. The van der Waals surface area contributed by atoms with E-state index in [1.807, 2.05) is 0 Å². The zero-order valence-electron chi connectivity index (χ0n) is 10.5. The fourth-order valence-electron chi connectivity index (χ4n) is 1.12. The van der Waals surface area contributed by atoms with Crippen molar-refractivity contribution in [2.45, 2.75) is 13.8 Å². The summed E-state index contributed by atoms with van der Waals surface area (Å²) in [6, 6.07) is 4.66. The molecular weight excluding hydrogens is 183 g/mol. The summed E-state index contributed by atoms with van der Waals surface area (Å²) in [6.45, 7) is -1.25. The Morgan fingerprint density at radius 2 is 2.00 bits per heavy atom. The van der Waals surface area contributed by atoms with Crippen molar-refractivity contribution in [2.75, 3.05) is 0 Å². The lowest BCUT2D eigenvalue weighted by molar-refractivity contribution is -0.130. The van der Waals surface area contributed by atoms with Gasteiger partial charge in [0.15, 0.2) is 0 Å². The molecule has 1 N–H and O–H groups in total. The van der Waals surface area contributed by atoms with Gasteiger partial charge in [-0.1, -0.05) is 17.7 Å². The Bertz CT molecular complexity index is 461. The van der Waals surface area contributed by atoms with Gasteiger partial charge in [-0.15, -0.1) is 0 Å². The summed E-state index contributed by atoms with van der Waals surface area (Å²) in [5, 5.41) is 9.03. The van der Waals surface area contributed by atoms with Crippen LogP contribution in [-0.2, 0) is 4.79 Å². The van der Waals surface area contributed by atoms with Gasteiger partial charge in [0.2, 0.25) is 0 Å². The molecule has 14 heavy (non-hydrogen) atoms. The molecule has 74 valence electrons. The highest BCUT2D eigenvalue weighted by Gasteiger charge is 2.11. The van der Waals surface area contributed by atoms with Gasteiger partial charge in [-0.3, -0.25) is 0 Å². The second-order valence-corrected chi connectivity index (χ2v) is 2.81. The van der Waals surface area contributed by atoms with Crippen LogP contribution in [-0.4, -0.2) is 11.1 Å². The minimum atomic E-state index is -2.48. The second-order valence-electron chi connectivity index (χ2n) is 2.81. The molecule has 3 heteroatoms. The normalized spacial score (nSPS) is 16.3. The van der Waals surface area contributed by atoms with Gasteiger partial charge in [-0.05, 0) is 31.5 Å². The molecule has 1 aromatic rings. The fraction of sp³-hybridized carbons (Fsp3) is 0.182. The minimum absolute atomic E-state index is 0.174. The molecule has 2 nitrogen and oxygen atoms in total. The highest BCUT2D eigenvalue weighted by molar-refractivity contribution is 6.16. The van der Waals surface area contributed by atoms with Crippen LogP contribution in [0.5, 0.6) is 0 Å². The molecular formula is C11H11FO2. The van der Waals surface area contributed by atoms with Crippen molar-refractivity contribution >= 4 is 11.5 Å². The molecule has 0 atom stereocenters. The van der Waals surface area contributed by atoms with Crippen LogP contribution in [0.2, 0.25) is 0 Å². The number of rotatable bonds is 2. The zero-order chi connectivity index (χ0) is 13.2. The van der Waals surface area contributed by atoms with E-state index in [1.54, 1.807) is 0 Å². The smallest absolute Gasteiger partial charge is 0.336 e. The van der Waals surface area contributed by atoms with Gasteiger partial charge < -0.3 is 5.11 Å². The molecule has 0 saturated heterocycles. The molecule has 0 aliphatic rings. The fourth-order valence-corrected chi connectivity index (χ4v) is 1.12. The van der Waals surface area contributed by atoms with Crippen LogP contribution in [0.3, 0.4) is 0 Å². The van der Waals surface area contributed by atoms with Crippen molar-refractivity contribution in [1.82, 2.24) is 0 Å². The van der Waals surface area contributed by atoms with Crippen molar-refractivity contribution < 1.29 is 18.4 Å². The van der Waals surface area contributed by atoms with Gasteiger partial charge in [0.1, 0.15) is 5.82 Å². The van der Waals surface area contributed by atoms with Crippen molar-refractivity contribution in [3.8, 4) is 0 Å². The third kappa shape index (κ3) is 2.19. The second kappa shape index (κ2) is 4.05. The van der Waals surface area contributed by atoms with Gasteiger partial charge in [-0.25, -0.2) is 9.18 Å². The number of hydrogen-bond donors (Lipinski definition) is 1. The van der Waals surface area contributed by atoms with Crippen LogP contribution in [0.25, 0.3) is 5.57 Å². The number of hydrogen-bond acceptors (Lipinski definition) is 1. The van der Waals surface area contributed by atoms with Crippen LogP contribution in [0, 0.1) is 5.82 Å². The number of carboxylic acid groups (broad SMARTS) is 1. The van der Waals surface area contributed by atoms with Gasteiger partial charge in [0.05, 0.1) is 5.57 Å². The van der Waals surface area contributed by atoms with E-state index < -0.39 is 18.6 Å². The molecule has 1 aromatic carbocycles. The first-order valence-electron chi connectivity index (χ1n) is 5.44. The Kier molecular flexibility index (Phi) is 1.95. The third-order valence-electron chi connectivity index (χ3n) is 1.72. The lowest BCUT2D eigenvalue weighted by Crippen LogP contribution is -2.01. The highest BCUT2D eigenvalue weighted by Crippen LogP contribution is 2.18. The third-order valence-corrected chi connectivity index (χ3v) is 1.72. The largest absolute Gasteiger partial charge is 0.478 e. The van der Waals surface area contributed by atoms with E-state index in [2.05, 4.69) is 0 Å². The predicted molar refractivity (Wildman–Crippen MR) is 52.3 cm³/mol. The Morgan fingerprint density at radius 1 is 1.43 bits per heavy atom. The summed E-state index contributed by atoms with van der Waals surface area (Å²) in [5.74, 6) is -1.85. The molecule has 0 fully saturated rings. The lowest BCUT2D eigenvalue weighted by Gasteiger charge is -2.04. The number of carbonyl (C=O) groups is 1. The number of allylic oxidation sites excluding steroid dienone is 1. The molecule has 0 heterocycles. The van der Waals surface area contributed by atoms with Gasteiger partial charge in [-0.2, -0.15) is 0 Å². The molecule has 0 saturated carbocycles. The van der Waals surface area contributed by atoms with Gasteiger partial charge in [0.25, 0.3) is 0 Å². The van der Waals surface area contributed by atoms with E-state index in [-0.39, 0.29) is 16.7 Å². The molecule has 0 aromatic heterocycles. The van der Waals surface area contributed by atoms with Crippen LogP contribution < -0.4 is 0 Å². The maximum Gasteiger partial charge on any atom is 0.336 e. The molecule has 0 radical (unpaired) electrons. The van der Waals surface area contributed by atoms with Gasteiger partial charge >= 0.3 is 5.97 Å². The summed E-state index contributed by atoms with van der Waals surface area (Å²) >= 11 is 0. The van der Waals surface area contributed by atoms with Crippen molar-refractivity contribution in [2.24, 2.45) is 0 Å². The summed E-state index contributed by atoms with van der Waals surface area (Å²) < 4.78 is 34.3. The first-order valence-corrected chi connectivity index (χ1v) is 3.94. The summed E-state index contributed by atoms with van der Waals surface area (Å²) in [6.07, 6.45) is 0. The monoisotopic (exact) mass is 197 g/mol. The Labute approximate surface area is 85.9 Å². The summed E-state index contributed by atoms with van der Waals surface area (Å²) in [5.41, 5.74) is -0.367. The first-order chi connectivity index (χ1) is 7.73. The van der Waals surface area contributed by atoms with E-state index in [4.69, 9.17) is 9.22 Å². The van der Waals surface area contributed by atoms with Crippen LogP contribution in [0.4, 0.5) is 4.39 Å². The average molecular weight is 197 g/mol. The number of benzene rings is 1. The van der Waals surface area contributed by atoms with Crippen LogP contribution >= 0.6 is 0 Å². The van der Waals surface area contributed by atoms with Crippen molar-refractivity contribution in [3.05, 3.63) is 41.2 Å². The molecule has 0 unspecified atom stereocenters. The van der Waals surface area contributed by atoms with Gasteiger partial charge in [0, 0.05) is 4.11 Å². The molecule has 0 spiro atoms. The first kappa shape index (κ1) is 6.76. The van der Waals surface area contributed by atoms with Crippen molar-refractivity contribution in [3.63, 3.8) is 0 Å². The maximum absolute atomic E-state index is 12.7. The van der Waals surface area contributed by atoms with E-state index in [0.29, 0.717) is 0 Å². The van der Waals surface area contributed by atoms with Crippen LogP contribution in [0.15, 0.2) is 29.8 Å². The number of carboxylic acids is 1. The standard InChI is InChI=1S/C11H11FO2/c1-7(2)10(11(13)14)8-3-5-9(12)6-4-8/h3-6H,1-2H3,(H,13,14)/i1D3/b10-7+.